The smallest absolute Gasteiger partial charge is 0.348 e. The van der Waals surface area contributed by atoms with Crippen LogP contribution in [0.2, 0.25) is 10.0 Å². The Morgan fingerprint density at radius 3 is 2.29 bits per heavy atom. The predicted octanol–water partition coefficient (Wildman–Crippen LogP) is 5.84. The number of anilines is 1. The molecule has 3 rings (SSSR count). The highest BCUT2D eigenvalue weighted by Gasteiger charge is 2.24. The lowest BCUT2D eigenvalue weighted by atomic mass is 10.2. The Balaban J connectivity index is 2.05. The van der Waals surface area contributed by atoms with Gasteiger partial charge in [-0.2, -0.15) is 0 Å². The molecule has 28 heavy (non-hydrogen) atoms. The average molecular weight is 456 g/mol. The molecule has 1 heterocycles. The number of benzene rings is 2. The molecular formula is C19H15Cl2NO4S2. The maximum Gasteiger partial charge on any atom is 0.348 e. The van der Waals surface area contributed by atoms with Crippen molar-refractivity contribution < 1.29 is 18.3 Å². The van der Waals surface area contributed by atoms with Crippen molar-refractivity contribution in [2.24, 2.45) is 0 Å². The van der Waals surface area contributed by atoms with Crippen molar-refractivity contribution in [1.82, 2.24) is 0 Å². The number of carboxylic acid groups (broad SMARTS) is 1. The van der Waals surface area contributed by atoms with Crippen LogP contribution in [0, 0.1) is 13.8 Å². The van der Waals surface area contributed by atoms with E-state index >= 15 is 0 Å². The summed E-state index contributed by atoms with van der Waals surface area (Å²) in [6, 6.07) is 11.4. The molecule has 0 bridgehead atoms. The lowest BCUT2D eigenvalue weighted by molar-refractivity contribution is 0.0703. The number of aryl methyl sites for hydroxylation is 2. The van der Waals surface area contributed by atoms with E-state index in [0.29, 0.717) is 26.0 Å². The van der Waals surface area contributed by atoms with Gasteiger partial charge in [-0.1, -0.05) is 35.3 Å². The lowest BCUT2D eigenvalue weighted by Crippen LogP contribution is -2.15. The topological polar surface area (TPSA) is 83.5 Å². The molecule has 146 valence electrons. The Morgan fingerprint density at radius 1 is 1.04 bits per heavy atom. The van der Waals surface area contributed by atoms with Gasteiger partial charge in [0, 0.05) is 14.9 Å². The van der Waals surface area contributed by atoms with Crippen molar-refractivity contribution >= 4 is 56.2 Å². The summed E-state index contributed by atoms with van der Waals surface area (Å²) in [6.45, 7) is 3.33. The molecular weight excluding hydrogens is 441 g/mol. The van der Waals surface area contributed by atoms with Crippen molar-refractivity contribution in [2.75, 3.05) is 4.72 Å². The first-order valence-electron chi connectivity index (χ1n) is 8.01. The second-order valence-electron chi connectivity index (χ2n) is 6.14. The highest BCUT2D eigenvalue weighted by atomic mass is 35.5. The fraction of sp³-hybridized carbons (Fsp3) is 0.105. The summed E-state index contributed by atoms with van der Waals surface area (Å²) in [7, 11) is -4.00. The van der Waals surface area contributed by atoms with Crippen LogP contribution >= 0.6 is 34.5 Å². The van der Waals surface area contributed by atoms with E-state index in [0.717, 1.165) is 16.9 Å². The molecule has 3 aromatic rings. The molecule has 1 aromatic heterocycles. The summed E-state index contributed by atoms with van der Waals surface area (Å²) in [5, 5.41) is 10.5. The molecule has 0 saturated heterocycles. The van der Waals surface area contributed by atoms with Crippen LogP contribution in [0.1, 0.15) is 20.8 Å². The van der Waals surface area contributed by atoms with E-state index in [1.54, 1.807) is 44.2 Å². The van der Waals surface area contributed by atoms with Crippen LogP contribution in [0.5, 0.6) is 0 Å². The quantitative estimate of drug-likeness (QED) is 0.506. The van der Waals surface area contributed by atoms with Crippen LogP contribution in [-0.4, -0.2) is 19.5 Å². The Morgan fingerprint density at radius 2 is 1.68 bits per heavy atom. The third-order valence-corrected chi connectivity index (χ3v) is 7.38. The van der Waals surface area contributed by atoms with Crippen molar-refractivity contribution in [1.29, 1.82) is 0 Å². The summed E-state index contributed by atoms with van der Waals surface area (Å²) in [6.07, 6.45) is 0. The molecule has 5 nitrogen and oxygen atoms in total. The lowest BCUT2D eigenvalue weighted by Gasteiger charge is -2.11. The largest absolute Gasteiger partial charge is 0.477 e. The summed E-state index contributed by atoms with van der Waals surface area (Å²) < 4.78 is 28.2. The fourth-order valence-electron chi connectivity index (χ4n) is 2.63. The molecule has 9 heteroatoms. The van der Waals surface area contributed by atoms with E-state index in [-0.39, 0.29) is 15.5 Å². The zero-order valence-electron chi connectivity index (χ0n) is 14.8. The minimum Gasteiger partial charge on any atom is -0.477 e. The zero-order chi connectivity index (χ0) is 20.6. The Kier molecular flexibility index (Phi) is 5.72. The number of hydrogen-bond donors (Lipinski definition) is 2. The van der Waals surface area contributed by atoms with Crippen LogP contribution in [0.4, 0.5) is 5.69 Å². The number of thiophene rings is 1. The molecule has 0 radical (unpaired) electrons. The molecule has 0 aliphatic heterocycles. The third-order valence-electron chi connectivity index (χ3n) is 4.05. The number of hydrogen-bond acceptors (Lipinski definition) is 4. The number of carbonyl (C=O) groups is 1. The molecule has 0 saturated carbocycles. The van der Waals surface area contributed by atoms with Crippen molar-refractivity contribution in [3.8, 4) is 10.4 Å². The Labute approximate surface area is 176 Å². The molecule has 0 aliphatic rings. The van der Waals surface area contributed by atoms with E-state index in [4.69, 9.17) is 23.2 Å². The first-order chi connectivity index (χ1) is 13.1. The Hall–Kier alpha value is -2.06. The first-order valence-corrected chi connectivity index (χ1v) is 11.1. The van der Waals surface area contributed by atoms with Crippen molar-refractivity contribution in [3.63, 3.8) is 0 Å². The highest BCUT2D eigenvalue weighted by molar-refractivity contribution is 7.92. The minimum atomic E-state index is -4.00. The molecule has 2 N–H and O–H groups in total. The standard InChI is InChI=1S/C19H15Cl2NO4S2/c1-10-8-17(11(2)7-14(10)21)28(25,26)22-15-9-16(27-18(15)19(23)24)12-3-5-13(20)6-4-12/h3-9,22H,1-2H3,(H,23,24). The van der Waals surface area contributed by atoms with Gasteiger partial charge in [0.05, 0.1) is 10.6 Å². The normalized spacial score (nSPS) is 11.4. The van der Waals surface area contributed by atoms with Gasteiger partial charge < -0.3 is 5.11 Å². The van der Waals surface area contributed by atoms with Crippen molar-refractivity contribution in [3.05, 3.63) is 68.5 Å². The monoisotopic (exact) mass is 455 g/mol. The highest BCUT2D eigenvalue weighted by Crippen LogP contribution is 2.37. The van der Waals surface area contributed by atoms with E-state index in [1.807, 2.05) is 0 Å². The van der Waals surface area contributed by atoms with E-state index in [9.17, 15) is 18.3 Å². The zero-order valence-corrected chi connectivity index (χ0v) is 17.9. The van der Waals surface area contributed by atoms with Gasteiger partial charge in [-0.05, 0) is 60.9 Å². The molecule has 0 fully saturated rings. The van der Waals surface area contributed by atoms with E-state index in [2.05, 4.69) is 4.72 Å². The van der Waals surface area contributed by atoms with Gasteiger partial charge in [-0.25, -0.2) is 13.2 Å². The number of nitrogens with one attached hydrogen (secondary N) is 1. The van der Waals surface area contributed by atoms with Gasteiger partial charge in [0.25, 0.3) is 10.0 Å². The number of carboxylic acids is 1. The van der Waals surface area contributed by atoms with Gasteiger partial charge in [0.1, 0.15) is 4.88 Å². The second-order valence-corrected chi connectivity index (χ2v) is 9.68. The molecule has 0 aliphatic carbocycles. The minimum absolute atomic E-state index is 0.00875. The predicted molar refractivity (Wildman–Crippen MR) is 113 cm³/mol. The van der Waals surface area contributed by atoms with Crippen LogP contribution < -0.4 is 4.72 Å². The van der Waals surface area contributed by atoms with Gasteiger partial charge in [0.15, 0.2) is 0 Å². The number of halogens is 2. The van der Waals surface area contributed by atoms with Gasteiger partial charge in [0.2, 0.25) is 0 Å². The molecule has 0 spiro atoms. The van der Waals surface area contributed by atoms with E-state index in [1.165, 1.54) is 12.1 Å². The summed E-state index contributed by atoms with van der Waals surface area (Å²) in [4.78, 5) is 12.2. The molecule has 0 atom stereocenters. The van der Waals surface area contributed by atoms with Crippen LogP contribution in [0.3, 0.4) is 0 Å². The molecule has 0 amide bonds. The van der Waals surface area contributed by atoms with Gasteiger partial charge >= 0.3 is 5.97 Å². The Bertz CT molecular complexity index is 1170. The van der Waals surface area contributed by atoms with Crippen LogP contribution in [0.15, 0.2) is 47.4 Å². The number of rotatable bonds is 5. The van der Waals surface area contributed by atoms with E-state index < -0.39 is 16.0 Å². The maximum atomic E-state index is 12.9. The third kappa shape index (κ3) is 4.17. The molecule has 0 unspecified atom stereocenters. The summed E-state index contributed by atoms with van der Waals surface area (Å²) >= 11 is 12.9. The molecule has 2 aromatic carbocycles. The fourth-order valence-corrected chi connectivity index (χ4v) is 5.37. The van der Waals surface area contributed by atoms with Crippen LogP contribution in [-0.2, 0) is 10.0 Å². The maximum absolute atomic E-state index is 12.9. The van der Waals surface area contributed by atoms with Gasteiger partial charge in [-0.3, -0.25) is 4.72 Å². The first kappa shape index (κ1) is 20.7. The van der Waals surface area contributed by atoms with Crippen molar-refractivity contribution in [2.45, 2.75) is 18.7 Å². The SMILES string of the molecule is Cc1cc(S(=O)(=O)Nc2cc(-c3ccc(Cl)cc3)sc2C(=O)O)c(C)cc1Cl. The summed E-state index contributed by atoms with van der Waals surface area (Å²) in [5.74, 6) is -1.22. The second kappa shape index (κ2) is 7.75. The van der Waals surface area contributed by atoms with Crippen LogP contribution in [0.25, 0.3) is 10.4 Å². The number of aromatic carboxylic acids is 1. The summed E-state index contributed by atoms with van der Waals surface area (Å²) in [5.41, 5.74) is 1.82. The average Bonchev–Trinajstić information content (AvgIpc) is 3.02. The van der Waals surface area contributed by atoms with Gasteiger partial charge in [-0.15, -0.1) is 11.3 Å². The number of sulfonamides is 1.